The van der Waals surface area contributed by atoms with Crippen LogP contribution in [0.4, 0.5) is 5.69 Å². The summed E-state index contributed by atoms with van der Waals surface area (Å²) in [4.78, 5) is 10.1. The molecule has 0 aliphatic rings. The second-order valence-electron chi connectivity index (χ2n) is 2.84. The van der Waals surface area contributed by atoms with Gasteiger partial charge in [0.05, 0.1) is 10.4 Å². The van der Waals surface area contributed by atoms with Gasteiger partial charge in [-0.05, 0) is 13.0 Å². The van der Waals surface area contributed by atoms with Crippen LogP contribution in [-0.4, -0.2) is 19.9 Å². The van der Waals surface area contributed by atoms with Crippen molar-refractivity contribution in [1.29, 1.82) is 0 Å². The van der Waals surface area contributed by atoms with Crippen molar-refractivity contribution in [2.75, 3.05) is 0 Å². The molecule has 0 spiro atoms. The standard InChI is InChI=1S/C8H8N4O2/c1-2-11-8-5-6(12(13)14)3-4-7(8)9-10-11/h3-5H,2H2,1H3. The number of hydrogen-bond donors (Lipinski definition) is 0. The van der Waals surface area contributed by atoms with Crippen molar-refractivity contribution in [2.24, 2.45) is 0 Å². The van der Waals surface area contributed by atoms with Crippen LogP contribution in [-0.2, 0) is 6.54 Å². The van der Waals surface area contributed by atoms with Gasteiger partial charge in [-0.25, -0.2) is 4.68 Å². The van der Waals surface area contributed by atoms with Crippen molar-refractivity contribution < 1.29 is 4.92 Å². The third-order valence-electron chi connectivity index (χ3n) is 2.01. The monoisotopic (exact) mass is 192 g/mol. The maximum absolute atomic E-state index is 10.5. The third kappa shape index (κ3) is 1.20. The molecule has 1 heterocycles. The molecular weight excluding hydrogens is 184 g/mol. The molecule has 6 heteroatoms. The van der Waals surface area contributed by atoms with Gasteiger partial charge in [-0.3, -0.25) is 10.1 Å². The van der Waals surface area contributed by atoms with E-state index in [0.29, 0.717) is 17.6 Å². The quantitative estimate of drug-likeness (QED) is 0.531. The number of nitro benzene ring substituents is 1. The van der Waals surface area contributed by atoms with E-state index in [9.17, 15) is 10.1 Å². The molecule has 0 amide bonds. The van der Waals surface area contributed by atoms with Gasteiger partial charge < -0.3 is 0 Å². The lowest BCUT2D eigenvalue weighted by Gasteiger charge is -1.95. The van der Waals surface area contributed by atoms with Crippen molar-refractivity contribution in [3.05, 3.63) is 28.3 Å². The molecule has 1 aromatic carbocycles. The average molecular weight is 192 g/mol. The minimum atomic E-state index is -0.424. The fourth-order valence-electron chi connectivity index (χ4n) is 1.30. The van der Waals surface area contributed by atoms with Crippen molar-refractivity contribution in [2.45, 2.75) is 13.5 Å². The van der Waals surface area contributed by atoms with Gasteiger partial charge in [0.2, 0.25) is 0 Å². The summed E-state index contributed by atoms with van der Waals surface area (Å²) in [6.45, 7) is 2.56. The first-order valence-electron chi connectivity index (χ1n) is 4.20. The predicted molar refractivity (Wildman–Crippen MR) is 49.9 cm³/mol. The Kier molecular flexibility index (Phi) is 1.88. The van der Waals surface area contributed by atoms with E-state index in [0.717, 1.165) is 0 Å². The molecule has 1 aromatic heterocycles. The highest BCUT2D eigenvalue weighted by atomic mass is 16.6. The smallest absolute Gasteiger partial charge is 0.258 e. The molecule has 0 aliphatic carbocycles. The Morgan fingerprint density at radius 1 is 1.57 bits per heavy atom. The van der Waals surface area contributed by atoms with E-state index in [1.807, 2.05) is 6.92 Å². The molecule has 72 valence electrons. The Bertz CT molecular complexity index is 491. The Morgan fingerprint density at radius 2 is 2.36 bits per heavy atom. The molecule has 0 radical (unpaired) electrons. The number of nitro groups is 1. The van der Waals surface area contributed by atoms with Crippen LogP contribution in [0.1, 0.15) is 6.92 Å². The molecule has 2 rings (SSSR count). The molecule has 0 unspecified atom stereocenters. The van der Waals surface area contributed by atoms with Crippen LogP contribution in [0.5, 0.6) is 0 Å². The molecule has 0 fully saturated rings. The number of nitrogens with zero attached hydrogens (tertiary/aromatic N) is 4. The first kappa shape index (κ1) is 8.61. The lowest BCUT2D eigenvalue weighted by Crippen LogP contribution is -1.96. The molecule has 6 nitrogen and oxygen atoms in total. The van der Waals surface area contributed by atoms with Crippen molar-refractivity contribution in [3.8, 4) is 0 Å². The Morgan fingerprint density at radius 3 is 3.00 bits per heavy atom. The van der Waals surface area contributed by atoms with E-state index < -0.39 is 4.92 Å². The molecule has 0 saturated heterocycles. The second kappa shape index (κ2) is 3.06. The van der Waals surface area contributed by atoms with E-state index in [1.165, 1.54) is 12.1 Å². The number of hydrogen-bond acceptors (Lipinski definition) is 4. The van der Waals surface area contributed by atoms with Crippen molar-refractivity contribution in [1.82, 2.24) is 15.0 Å². The van der Waals surface area contributed by atoms with Crippen LogP contribution in [0.15, 0.2) is 18.2 Å². The van der Waals surface area contributed by atoms with E-state index in [2.05, 4.69) is 10.3 Å². The number of rotatable bonds is 2. The van der Waals surface area contributed by atoms with Gasteiger partial charge in [0.25, 0.3) is 5.69 Å². The van der Waals surface area contributed by atoms with Crippen LogP contribution in [0.25, 0.3) is 11.0 Å². The number of fused-ring (bicyclic) bond motifs is 1. The summed E-state index contributed by atoms with van der Waals surface area (Å²) >= 11 is 0. The minimum absolute atomic E-state index is 0.0644. The Balaban J connectivity index is 2.67. The summed E-state index contributed by atoms with van der Waals surface area (Å²) in [5, 5.41) is 18.3. The number of aromatic nitrogens is 3. The maximum atomic E-state index is 10.5. The summed E-state index contributed by atoms with van der Waals surface area (Å²) < 4.78 is 1.63. The fraction of sp³-hybridized carbons (Fsp3) is 0.250. The first-order valence-corrected chi connectivity index (χ1v) is 4.20. The highest BCUT2D eigenvalue weighted by molar-refractivity contribution is 5.76. The molecule has 2 aromatic rings. The molecule has 0 N–H and O–H groups in total. The van der Waals surface area contributed by atoms with Crippen molar-refractivity contribution in [3.63, 3.8) is 0 Å². The fourth-order valence-corrected chi connectivity index (χ4v) is 1.30. The van der Waals surface area contributed by atoms with Crippen LogP contribution in [0.3, 0.4) is 0 Å². The average Bonchev–Trinajstić information content (AvgIpc) is 2.59. The normalized spacial score (nSPS) is 10.6. The zero-order chi connectivity index (χ0) is 10.1. The predicted octanol–water partition coefficient (Wildman–Crippen LogP) is 1.36. The van der Waals surface area contributed by atoms with E-state index in [-0.39, 0.29) is 5.69 Å². The molecule has 14 heavy (non-hydrogen) atoms. The van der Waals surface area contributed by atoms with Gasteiger partial charge in [0.1, 0.15) is 5.52 Å². The van der Waals surface area contributed by atoms with Gasteiger partial charge >= 0.3 is 0 Å². The van der Waals surface area contributed by atoms with E-state index in [4.69, 9.17) is 0 Å². The third-order valence-corrected chi connectivity index (χ3v) is 2.01. The number of benzene rings is 1. The SMILES string of the molecule is CCn1nnc2ccc([N+](=O)[O-])cc21. The highest BCUT2D eigenvalue weighted by Gasteiger charge is 2.09. The number of aryl methyl sites for hydroxylation is 1. The molecule has 0 saturated carbocycles. The molecule has 0 aliphatic heterocycles. The molecule has 0 atom stereocenters. The number of non-ortho nitro benzene ring substituents is 1. The summed E-state index contributed by atoms with van der Waals surface area (Å²) in [5.74, 6) is 0. The topological polar surface area (TPSA) is 73.8 Å². The minimum Gasteiger partial charge on any atom is -0.258 e. The highest BCUT2D eigenvalue weighted by Crippen LogP contribution is 2.18. The summed E-state index contributed by atoms with van der Waals surface area (Å²) in [6, 6.07) is 4.52. The Labute approximate surface area is 79.3 Å². The first-order chi connectivity index (χ1) is 6.72. The molecule has 0 bridgehead atoms. The van der Waals surface area contributed by atoms with Crippen LogP contribution in [0.2, 0.25) is 0 Å². The van der Waals surface area contributed by atoms with E-state index >= 15 is 0 Å². The van der Waals surface area contributed by atoms with Crippen LogP contribution < -0.4 is 0 Å². The van der Waals surface area contributed by atoms with Gasteiger partial charge in [0.15, 0.2) is 0 Å². The second-order valence-corrected chi connectivity index (χ2v) is 2.84. The molecular formula is C8H8N4O2. The Hall–Kier alpha value is -1.98. The van der Waals surface area contributed by atoms with Crippen LogP contribution in [0, 0.1) is 10.1 Å². The largest absolute Gasteiger partial charge is 0.271 e. The lowest BCUT2D eigenvalue weighted by atomic mass is 10.3. The zero-order valence-corrected chi connectivity index (χ0v) is 7.54. The van der Waals surface area contributed by atoms with Gasteiger partial charge in [-0.15, -0.1) is 5.10 Å². The summed E-state index contributed by atoms with van der Waals surface area (Å²) in [6.07, 6.45) is 0. The van der Waals surface area contributed by atoms with Crippen molar-refractivity contribution >= 4 is 16.7 Å². The van der Waals surface area contributed by atoms with E-state index in [1.54, 1.807) is 10.7 Å². The maximum Gasteiger partial charge on any atom is 0.271 e. The lowest BCUT2D eigenvalue weighted by molar-refractivity contribution is -0.384. The van der Waals surface area contributed by atoms with Gasteiger partial charge in [0, 0.05) is 18.7 Å². The summed E-state index contributed by atoms with van der Waals surface area (Å²) in [7, 11) is 0. The van der Waals surface area contributed by atoms with Gasteiger partial charge in [-0.2, -0.15) is 0 Å². The summed E-state index contributed by atoms with van der Waals surface area (Å²) in [5.41, 5.74) is 1.44. The van der Waals surface area contributed by atoms with Crippen LogP contribution >= 0.6 is 0 Å². The van der Waals surface area contributed by atoms with Gasteiger partial charge in [-0.1, -0.05) is 5.21 Å². The zero-order valence-electron chi connectivity index (χ0n) is 7.54.